The van der Waals surface area contributed by atoms with Crippen LogP contribution in [0.2, 0.25) is 10.0 Å². The summed E-state index contributed by atoms with van der Waals surface area (Å²) in [7, 11) is 0. The van der Waals surface area contributed by atoms with Crippen molar-refractivity contribution in [3.63, 3.8) is 0 Å². The van der Waals surface area contributed by atoms with Gasteiger partial charge in [0.15, 0.2) is 5.69 Å². The van der Waals surface area contributed by atoms with Gasteiger partial charge in [0.1, 0.15) is 5.82 Å². The highest BCUT2D eigenvalue weighted by molar-refractivity contribution is 6.35. The van der Waals surface area contributed by atoms with Gasteiger partial charge in [-0.25, -0.2) is 9.07 Å². The van der Waals surface area contributed by atoms with Gasteiger partial charge in [-0.15, -0.1) is 0 Å². The number of carboxylic acid groups (broad SMARTS) is 1. The highest BCUT2D eigenvalue weighted by atomic mass is 35.5. The predicted octanol–water partition coefficient (Wildman–Crippen LogP) is 6.25. The number of nitrogens with zero attached hydrogens (tertiary/aromatic N) is 3. The van der Waals surface area contributed by atoms with E-state index in [1.807, 2.05) is 43.3 Å². The predicted molar refractivity (Wildman–Crippen MR) is 153 cm³/mol. The molecule has 1 atom stereocenters. The minimum absolute atomic E-state index is 0.156. The molecule has 0 saturated carbocycles. The Kier molecular flexibility index (Phi) is 8.02. The van der Waals surface area contributed by atoms with Gasteiger partial charge in [0.25, 0.3) is 5.91 Å². The zero-order valence-electron chi connectivity index (χ0n) is 21.4. The molecule has 3 aromatic carbocycles. The minimum atomic E-state index is -0.999. The number of halogens is 3. The lowest BCUT2D eigenvalue weighted by molar-refractivity contribution is -0.138. The zero-order chi connectivity index (χ0) is 28.4. The van der Waals surface area contributed by atoms with Gasteiger partial charge in [-0.1, -0.05) is 65.7 Å². The number of aliphatic carboxylic acids is 1. The summed E-state index contributed by atoms with van der Waals surface area (Å²) in [5, 5.41) is 18.1. The van der Waals surface area contributed by atoms with Gasteiger partial charge in [0.05, 0.1) is 29.0 Å². The number of hydrogen-bond acceptors (Lipinski definition) is 4. The second-order valence-electron chi connectivity index (χ2n) is 9.55. The SMILES string of the molecule is C[C@@H](NC(=O)c1nn(-c2ccc(Cl)cc2Cl)c2c1CN(CC(=O)O)C/C2=C\c1ccc(F)cc1)c1ccccc1. The number of fused-ring (bicyclic) bond motifs is 1. The van der Waals surface area contributed by atoms with E-state index in [1.165, 1.54) is 12.1 Å². The van der Waals surface area contributed by atoms with E-state index in [2.05, 4.69) is 5.32 Å². The van der Waals surface area contributed by atoms with Crippen molar-refractivity contribution in [1.82, 2.24) is 20.0 Å². The number of rotatable bonds is 7. The Morgan fingerprint density at radius 3 is 2.48 bits per heavy atom. The summed E-state index contributed by atoms with van der Waals surface area (Å²) in [4.78, 5) is 27.1. The highest BCUT2D eigenvalue weighted by Gasteiger charge is 2.33. The van der Waals surface area contributed by atoms with Crippen molar-refractivity contribution in [3.05, 3.63) is 117 Å². The van der Waals surface area contributed by atoms with Crippen LogP contribution in [-0.2, 0) is 11.3 Å². The van der Waals surface area contributed by atoms with Gasteiger partial charge in [0, 0.05) is 23.7 Å². The first-order chi connectivity index (χ1) is 19.2. The molecule has 0 fully saturated rings. The Morgan fingerprint density at radius 1 is 1.07 bits per heavy atom. The van der Waals surface area contributed by atoms with E-state index in [4.69, 9.17) is 28.3 Å². The van der Waals surface area contributed by atoms with E-state index in [1.54, 1.807) is 39.9 Å². The number of nitrogens with one attached hydrogen (secondary N) is 1. The lowest BCUT2D eigenvalue weighted by Crippen LogP contribution is -2.35. The number of hydrogen-bond donors (Lipinski definition) is 2. The minimum Gasteiger partial charge on any atom is -0.480 e. The van der Waals surface area contributed by atoms with Crippen LogP contribution in [0.1, 0.15) is 45.8 Å². The van der Waals surface area contributed by atoms with Gasteiger partial charge in [-0.05, 0) is 60.0 Å². The first-order valence-electron chi connectivity index (χ1n) is 12.5. The molecule has 5 rings (SSSR count). The molecule has 10 heteroatoms. The molecular formula is C30H25Cl2FN4O3. The van der Waals surface area contributed by atoms with Gasteiger partial charge in [-0.3, -0.25) is 14.5 Å². The molecule has 0 radical (unpaired) electrons. The van der Waals surface area contributed by atoms with Crippen molar-refractivity contribution in [2.75, 3.05) is 13.1 Å². The van der Waals surface area contributed by atoms with Crippen LogP contribution in [0.3, 0.4) is 0 Å². The Bertz CT molecular complexity index is 1600. The van der Waals surface area contributed by atoms with Crippen LogP contribution in [0.4, 0.5) is 4.39 Å². The van der Waals surface area contributed by atoms with E-state index >= 15 is 0 Å². The van der Waals surface area contributed by atoms with Crippen LogP contribution in [0.5, 0.6) is 0 Å². The largest absolute Gasteiger partial charge is 0.480 e. The summed E-state index contributed by atoms with van der Waals surface area (Å²) in [5.41, 5.74) is 4.17. The third kappa shape index (κ3) is 5.94. The molecule has 0 saturated heterocycles. The average Bonchev–Trinajstić information content (AvgIpc) is 3.29. The highest BCUT2D eigenvalue weighted by Crippen LogP contribution is 2.36. The molecule has 1 amide bonds. The molecule has 2 N–H and O–H groups in total. The Labute approximate surface area is 240 Å². The maximum Gasteiger partial charge on any atom is 0.317 e. The van der Waals surface area contributed by atoms with Crippen LogP contribution in [0, 0.1) is 5.82 Å². The number of carbonyl (C=O) groups is 2. The van der Waals surface area contributed by atoms with Crippen molar-refractivity contribution in [1.29, 1.82) is 0 Å². The molecule has 1 aliphatic rings. The molecule has 4 aromatic rings. The maximum absolute atomic E-state index is 13.7. The molecule has 2 heterocycles. The van der Waals surface area contributed by atoms with Crippen molar-refractivity contribution < 1.29 is 19.1 Å². The third-order valence-corrected chi connectivity index (χ3v) is 7.17. The van der Waals surface area contributed by atoms with Gasteiger partial charge in [-0.2, -0.15) is 5.10 Å². The Hall–Kier alpha value is -3.98. The smallest absolute Gasteiger partial charge is 0.317 e. The monoisotopic (exact) mass is 578 g/mol. The average molecular weight is 579 g/mol. The summed E-state index contributed by atoms with van der Waals surface area (Å²) in [6, 6.07) is 20.2. The first-order valence-corrected chi connectivity index (χ1v) is 13.3. The molecule has 204 valence electrons. The lowest BCUT2D eigenvalue weighted by Gasteiger charge is -2.28. The van der Waals surface area contributed by atoms with Crippen LogP contribution in [0.25, 0.3) is 17.3 Å². The lowest BCUT2D eigenvalue weighted by atomic mass is 9.97. The summed E-state index contributed by atoms with van der Waals surface area (Å²) in [5.74, 6) is -1.78. The molecule has 7 nitrogen and oxygen atoms in total. The van der Waals surface area contributed by atoms with Crippen LogP contribution >= 0.6 is 23.2 Å². The Morgan fingerprint density at radius 2 is 1.80 bits per heavy atom. The summed E-state index contributed by atoms with van der Waals surface area (Å²) >= 11 is 12.7. The second kappa shape index (κ2) is 11.6. The number of carbonyl (C=O) groups excluding carboxylic acids is 1. The normalized spacial score (nSPS) is 15.1. The van der Waals surface area contributed by atoms with E-state index in [-0.39, 0.29) is 37.2 Å². The van der Waals surface area contributed by atoms with Crippen molar-refractivity contribution in [2.45, 2.75) is 19.5 Å². The number of carboxylic acids is 1. The molecule has 1 aliphatic heterocycles. The van der Waals surface area contributed by atoms with Gasteiger partial charge in [0.2, 0.25) is 0 Å². The number of aromatic nitrogens is 2. The summed E-state index contributed by atoms with van der Waals surface area (Å²) in [6.07, 6.45) is 1.84. The third-order valence-electron chi connectivity index (χ3n) is 6.63. The van der Waals surface area contributed by atoms with E-state index < -0.39 is 11.9 Å². The number of benzene rings is 3. The fourth-order valence-corrected chi connectivity index (χ4v) is 5.29. The summed E-state index contributed by atoms with van der Waals surface area (Å²) in [6.45, 7) is 2.07. The second-order valence-corrected chi connectivity index (χ2v) is 10.4. The fourth-order valence-electron chi connectivity index (χ4n) is 4.80. The van der Waals surface area contributed by atoms with Crippen LogP contribution < -0.4 is 5.32 Å². The zero-order valence-corrected chi connectivity index (χ0v) is 23.0. The van der Waals surface area contributed by atoms with Crippen molar-refractivity contribution >= 4 is 46.7 Å². The quantitative estimate of drug-likeness (QED) is 0.270. The van der Waals surface area contributed by atoms with Crippen molar-refractivity contribution in [3.8, 4) is 5.69 Å². The number of amides is 1. The van der Waals surface area contributed by atoms with E-state index in [0.29, 0.717) is 38.1 Å². The molecule has 0 aliphatic carbocycles. The maximum atomic E-state index is 13.7. The van der Waals surface area contributed by atoms with E-state index in [9.17, 15) is 19.1 Å². The van der Waals surface area contributed by atoms with Crippen LogP contribution in [-0.4, -0.2) is 44.8 Å². The van der Waals surface area contributed by atoms with E-state index in [0.717, 1.165) is 5.56 Å². The standard InChI is InChI=1S/C30H25Cl2FN4O3/c1-18(20-5-3-2-4-6-20)34-30(40)28-24-16-36(17-27(38)39)15-21(13-19-7-10-23(33)11-8-19)29(24)37(35-28)26-12-9-22(31)14-25(26)32/h2-14,18H,15-17H2,1H3,(H,34,40)(H,38,39)/b21-13+/t18-/m1/s1. The van der Waals surface area contributed by atoms with Crippen LogP contribution in [0.15, 0.2) is 72.8 Å². The molecule has 1 aromatic heterocycles. The molecule has 0 unspecified atom stereocenters. The summed E-state index contributed by atoms with van der Waals surface area (Å²) < 4.78 is 15.2. The molecule has 40 heavy (non-hydrogen) atoms. The topological polar surface area (TPSA) is 87.5 Å². The van der Waals surface area contributed by atoms with Gasteiger partial charge < -0.3 is 10.4 Å². The van der Waals surface area contributed by atoms with Gasteiger partial charge >= 0.3 is 5.97 Å². The molecular weight excluding hydrogens is 554 g/mol. The Balaban J connectivity index is 1.67. The fraction of sp³-hybridized carbons (Fsp3) is 0.167. The molecule has 0 bridgehead atoms. The first kappa shape index (κ1) is 27.6. The van der Waals surface area contributed by atoms with Crippen molar-refractivity contribution in [2.24, 2.45) is 0 Å². The molecule has 0 spiro atoms.